The molecule has 3 heteroatoms. The van der Waals surface area contributed by atoms with E-state index in [0.29, 0.717) is 19.1 Å². The molecule has 0 radical (unpaired) electrons. The summed E-state index contributed by atoms with van der Waals surface area (Å²) in [5.41, 5.74) is 5.48. The van der Waals surface area contributed by atoms with E-state index in [-0.39, 0.29) is 11.9 Å². The van der Waals surface area contributed by atoms with Crippen molar-refractivity contribution in [3.63, 3.8) is 0 Å². The molecule has 1 unspecified atom stereocenters. The van der Waals surface area contributed by atoms with E-state index in [1.165, 1.54) is 12.8 Å². The quantitative estimate of drug-likeness (QED) is 0.635. The third kappa shape index (κ3) is 3.77. The first-order chi connectivity index (χ1) is 6.27. The fraction of sp³-hybridized carbons (Fsp3) is 0.900. The Morgan fingerprint density at radius 1 is 1.62 bits per heavy atom. The van der Waals surface area contributed by atoms with Crippen molar-refractivity contribution in [2.24, 2.45) is 17.6 Å². The number of hydrogen-bond acceptors (Lipinski definition) is 3. The Balaban J connectivity index is 2.16. The van der Waals surface area contributed by atoms with Gasteiger partial charge in [0.2, 0.25) is 0 Å². The summed E-state index contributed by atoms with van der Waals surface area (Å²) in [7, 11) is 0. The normalized spacial score (nSPS) is 18.3. The number of carbonyl (C=O) groups excluding carboxylic acids is 1. The number of carbonyl (C=O) groups is 1. The van der Waals surface area contributed by atoms with Crippen LogP contribution in [0, 0.1) is 11.8 Å². The van der Waals surface area contributed by atoms with E-state index in [9.17, 15) is 4.79 Å². The van der Waals surface area contributed by atoms with Crippen LogP contribution in [0.1, 0.15) is 32.6 Å². The van der Waals surface area contributed by atoms with Crippen LogP contribution in [0.3, 0.4) is 0 Å². The Labute approximate surface area is 79.6 Å². The van der Waals surface area contributed by atoms with Crippen molar-refractivity contribution in [2.75, 3.05) is 13.2 Å². The first-order valence-electron chi connectivity index (χ1n) is 5.14. The lowest BCUT2D eigenvalue weighted by atomic mass is 10.0. The second-order valence-corrected chi connectivity index (χ2v) is 3.79. The fourth-order valence-electron chi connectivity index (χ4n) is 1.28. The molecule has 0 bridgehead atoms. The summed E-state index contributed by atoms with van der Waals surface area (Å²) >= 11 is 0. The topological polar surface area (TPSA) is 52.3 Å². The smallest absolute Gasteiger partial charge is 0.310 e. The van der Waals surface area contributed by atoms with E-state index < -0.39 is 0 Å². The number of ether oxygens (including phenoxy) is 1. The monoisotopic (exact) mass is 185 g/mol. The predicted molar refractivity (Wildman–Crippen MR) is 51.1 cm³/mol. The van der Waals surface area contributed by atoms with Gasteiger partial charge in [-0.25, -0.2) is 0 Å². The Bertz CT molecular complexity index is 166. The molecule has 1 rings (SSSR count). The van der Waals surface area contributed by atoms with Gasteiger partial charge >= 0.3 is 5.97 Å². The third-order valence-corrected chi connectivity index (χ3v) is 2.41. The van der Waals surface area contributed by atoms with Crippen LogP contribution in [0.25, 0.3) is 0 Å². The summed E-state index contributed by atoms with van der Waals surface area (Å²) in [5.74, 6) is 0.462. The molecule has 3 nitrogen and oxygen atoms in total. The van der Waals surface area contributed by atoms with Crippen LogP contribution < -0.4 is 5.73 Å². The minimum absolute atomic E-state index is 0.0799. The van der Waals surface area contributed by atoms with E-state index in [1.54, 1.807) is 0 Å². The fourth-order valence-corrected chi connectivity index (χ4v) is 1.28. The molecule has 1 aliphatic rings. The summed E-state index contributed by atoms with van der Waals surface area (Å²) in [6.07, 6.45) is 4.27. The Kier molecular flexibility index (Phi) is 4.22. The summed E-state index contributed by atoms with van der Waals surface area (Å²) in [6.45, 7) is 3.08. The molecule has 0 amide bonds. The van der Waals surface area contributed by atoms with Crippen LogP contribution in [0.5, 0.6) is 0 Å². The number of esters is 1. The molecule has 0 aromatic carbocycles. The molecule has 0 aromatic heterocycles. The van der Waals surface area contributed by atoms with Crippen molar-refractivity contribution in [3.8, 4) is 0 Å². The molecule has 0 aromatic rings. The van der Waals surface area contributed by atoms with Crippen LogP contribution in [-0.4, -0.2) is 19.1 Å². The molecular weight excluding hydrogens is 166 g/mol. The largest absolute Gasteiger partial charge is 0.465 e. The van der Waals surface area contributed by atoms with Gasteiger partial charge in [0.15, 0.2) is 0 Å². The average molecular weight is 185 g/mol. The zero-order chi connectivity index (χ0) is 9.68. The lowest BCUT2D eigenvalue weighted by Crippen LogP contribution is -2.26. The Morgan fingerprint density at radius 3 is 2.77 bits per heavy atom. The second-order valence-electron chi connectivity index (χ2n) is 3.79. The van der Waals surface area contributed by atoms with Gasteiger partial charge in [0, 0.05) is 6.54 Å². The molecule has 1 atom stereocenters. The van der Waals surface area contributed by atoms with Crippen molar-refractivity contribution < 1.29 is 9.53 Å². The van der Waals surface area contributed by atoms with Gasteiger partial charge < -0.3 is 10.5 Å². The van der Waals surface area contributed by atoms with E-state index in [1.807, 2.05) is 0 Å². The van der Waals surface area contributed by atoms with Gasteiger partial charge in [-0.15, -0.1) is 0 Å². The molecule has 1 aliphatic carbocycles. The highest BCUT2D eigenvalue weighted by Gasteiger charge is 2.25. The standard InChI is InChI=1S/C10H19NO2/c1-2-3-9(6-11)10(12)13-7-8-4-5-8/h8-9H,2-7,11H2,1H3. The summed E-state index contributed by atoms with van der Waals surface area (Å²) < 4.78 is 5.15. The number of hydrogen-bond donors (Lipinski definition) is 1. The molecule has 1 saturated carbocycles. The average Bonchev–Trinajstić information content (AvgIpc) is 2.93. The predicted octanol–water partition coefficient (Wildman–Crippen LogP) is 1.31. The van der Waals surface area contributed by atoms with Crippen molar-refractivity contribution in [3.05, 3.63) is 0 Å². The van der Waals surface area contributed by atoms with E-state index in [4.69, 9.17) is 10.5 Å². The van der Waals surface area contributed by atoms with Gasteiger partial charge in [-0.05, 0) is 25.2 Å². The van der Waals surface area contributed by atoms with Crippen molar-refractivity contribution >= 4 is 5.97 Å². The van der Waals surface area contributed by atoms with Gasteiger partial charge in [0.1, 0.15) is 0 Å². The number of rotatable bonds is 6. The van der Waals surface area contributed by atoms with Gasteiger partial charge in [-0.1, -0.05) is 13.3 Å². The van der Waals surface area contributed by atoms with E-state index in [2.05, 4.69) is 6.92 Å². The van der Waals surface area contributed by atoms with Crippen molar-refractivity contribution in [1.82, 2.24) is 0 Å². The maximum Gasteiger partial charge on any atom is 0.310 e. The minimum atomic E-state index is -0.101. The first-order valence-corrected chi connectivity index (χ1v) is 5.14. The zero-order valence-corrected chi connectivity index (χ0v) is 8.29. The highest BCUT2D eigenvalue weighted by Crippen LogP contribution is 2.29. The molecule has 2 N–H and O–H groups in total. The molecule has 0 aliphatic heterocycles. The minimum Gasteiger partial charge on any atom is -0.465 e. The molecular formula is C10H19NO2. The van der Waals surface area contributed by atoms with Gasteiger partial charge in [0.25, 0.3) is 0 Å². The highest BCUT2D eigenvalue weighted by atomic mass is 16.5. The first kappa shape index (κ1) is 10.5. The summed E-state index contributed by atoms with van der Waals surface area (Å²) in [4.78, 5) is 11.4. The lowest BCUT2D eigenvalue weighted by Gasteiger charge is -2.12. The van der Waals surface area contributed by atoms with Crippen LogP contribution in [0.4, 0.5) is 0 Å². The molecule has 76 valence electrons. The molecule has 0 saturated heterocycles. The molecule has 1 fully saturated rings. The van der Waals surface area contributed by atoms with Gasteiger partial charge in [-0.2, -0.15) is 0 Å². The van der Waals surface area contributed by atoms with Crippen LogP contribution >= 0.6 is 0 Å². The molecule has 13 heavy (non-hydrogen) atoms. The summed E-state index contributed by atoms with van der Waals surface area (Å²) in [6, 6.07) is 0. The maximum absolute atomic E-state index is 11.4. The lowest BCUT2D eigenvalue weighted by molar-refractivity contribution is -0.148. The van der Waals surface area contributed by atoms with Crippen molar-refractivity contribution in [2.45, 2.75) is 32.6 Å². The Hall–Kier alpha value is -0.570. The Morgan fingerprint density at radius 2 is 2.31 bits per heavy atom. The van der Waals surface area contributed by atoms with Gasteiger partial charge in [0.05, 0.1) is 12.5 Å². The zero-order valence-electron chi connectivity index (χ0n) is 8.29. The van der Waals surface area contributed by atoms with Crippen LogP contribution in [-0.2, 0) is 9.53 Å². The van der Waals surface area contributed by atoms with Crippen LogP contribution in [0.2, 0.25) is 0 Å². The van der Waals surface area contributed by atoms with Crippen molar-refractivity contribution in [1.29, 1.82) is 0 Å². The van der Waals surface area contributed by atoms with E-state index >= 15 is 0 Å². The SMILES string of the molecule is CCCC(CN)C(=O)OCC1CC1. The van der Waals surface area contributed by atoms with Crippen LogP contribution in [0.15, 0.2) is 0 Å². The maximum atomic E-state index is 11.4. The summed E-state index contributed by atoms with van der Waals surface area (Å²) in [5, 5.41) is 0. The third-order valence-electron chi connectivity index (χ3n) is 2.41. The molecule has 0 spiro atoms. The van der Waals surface area contributed by atoms with E-state index in [0.717, 1.165) is 12.8 Å². The second kappa shape index (κ2) is 5.22. The molecule has 0 heterocycles. The number of nitrogens with two attached hydrogens (primary N) is 1. The van der Waals surface area contributed by atoms with Gasteiger partial charge in [-0.3, -0.25) is 4.79 Å². The highest BCUT2D eigenvalue weighted by molar-refractivity contribution is 5.72.